The molecule has 0 aliphatic carbocycles. The smallest absolute Gasteiger partial charge is 0.271 e. The fraction of sp³-hybridized carbons (Fsp3) is 0.250. The number of aliphatic hydroxyl groups excluding tert-OH is 1. The van der Waals surface area contributed by atoms with Crippen molar-refractivity contribution in [2.45, 2.75) is 24.7 Å². The number of anilines is 1. The van der Waals surface area contributed by atoms with E-state index in [1.165, 1.54) is 6.20 Å². The molecule has 19 heavy (non-hydrogen) atoms. The minimum Gasteiger partial charge on any atom is -0.391 e. The highest BCUT2D eigenvalue weighted by Gasteiger charge is 2.19. The van der Waals surface area contributed by atoms with Crippen molar-refractivity contribution in [3.8, 4) is 0 Å². The van der Waals surface area contributed by atoms with Crippen molar-refractivity contribution in [3.63, 3.8) is 0 Å². The summed E-state index contributed by atoms with van der Waals surface area (Å²) in [5.74, 6) is 0. The van der Waals surface area contributed by atoms with Crippen molar-refractivity contribution in [2.24, 2.45) is 0 Å². The number of thiophene rings is 1. The van der Waals surface area contributed by atoms with Crippen LogP contribution in [0.25, 0.3) is 0 Å². The molecule has 0 atom stereocenters. The molecule has 0 amide bonds. The number of nitrogens with one attached hydrogen (secondary N) is 1. The van der Waals surface area contributed by atoms with Gasteiger partial charge in [-0.05, 0) is 37.1 Å². The van der Waals surface area contributed by atoms with Gasteiger partial charge in [-0.25, -0.2) is 8.42 Å². The highest BCUT2D eigenvalue weighted by molar-refractivity contribution is 7.94. The maximum atomic E-state index is 12.2. The first-order valence-corrected chi connectivity index (χ1v) is 7.87. The highest BCUT2D eigenvalue weighted by Crippen LogP contribution is 2.28. The number of rotatable bonds is 4. The predicted molar refractivity (Wildman–Crippen MR) is 74.8 cm³/mol. The molecule has 2 aromatic rings. The van der Waals surface area contributed by atoms with E-state index in [9.17, 15) is 8.42 Å². The lowest BCUT2D eigenvalue weighted by molar-refractivity contribution is 0.285. The van der Waals surface area contributed by atoms with Crippen LogP contribution in [0.2, 0.25) is 0 Å². The van der Waals surface area contributed by atoms with Gasteiger partial charge in [0.15, 0.2) is 0 Å². The third-order valence-electron chi connectivity index (χ3n) is 2.69. The summed E-state index contributed by atoms with van der Waals surface area (Å²) in [7, 11) is -3.63. The Morgan fingerprint density at radius 1 is 1.37 bits per heavy atom. The van der Waals surface area contributed by atoms with Crippen LogP contribution in [-0.2, 0) is 16.6 Å². The van der Waals surface area contributed by atoms with Gasteiger partial charge in [0.2, 0.25) is 0 Å². The number of nitrogens with zero attached hydrogens (tertiary/aromatic N) is 1. The van der Waals surface area contributed by atoms with Gasteiger partial charge in [-0.3, -0.25) is 9.71 Å². The molecule has 0 spiro atoms. The van der Waals surface area contributed by atoms with E-state index in [1.54, 1.807) is 32.2 Å². The van der Waals surface area contributed by atoms with Crippen LogP contribution in [0.4, 0.5) is 5.69 Å². The lowest BCUT2D eigenvalue weighted by Gasteiger charge is -2.07. The Balaban J connectivity index is 2.35. The summed E-state index contributed by atoms with van der Waals surface area (Å²) in [6, 6.07) is 3.29. The first-order valence-electron chi connectivity index (χ1n) is 5.57. The van der Waals surface area contributed by atoms with Crippen LogP contribution in [0.5, 0.6) is 0 Å². The van der Waals surface area contributed by atoms with Gasteiger partial charge >= 0.3 is 0 Å². The lowest BCUT2D eigenvalue weighted by Crippen LogP contribution is -2.12. The molecule has 5 nitrogen and oxygen atoms in total. The monoisotopic (exact) mass is 298 g/mol. The Bertz CT molecular complexity index is 693. The van der Waals surface area contributed by atoms with E-state index in [0.29, 0.717) is 10.6 Å². The number of hydrogen-bond donors (Lipinski definition) is 2. The van der Waals surface area contributed by atoms with Crippen molar-refractivity contribution in [2.75, 3.05) is 4.72 Å². The Hall–Kier alpha value is -1.44. The Kier molecular flexibility index (Phi) is 3.88. The van der Waals surface area contributed by atoms with Crippen molar-refractivity contribution in [3.05, 3.63) is 40.5 Å². The number of aryl methyl sites for hydroxylation is 2. The van der Waals surface area contributed by atoms with E-state index >= 15 is 0 Å². The first kappa shape index (κ1) is 14.0. The second kappa shape index (κ2) is 5.28. The van der Waals surface area contributed by atoms with Gasteiger partial charge in [-0.1, -0.05) is 0 Å². The van der Waals surface area contributed by atoms with Gasteiger partial charge in [0.25, 0.3) is 10.0 Å². The lowest BCUT2D eigenvalue weighted by atomic mass is 10.3. The first-order chi connectivity index (χ1) is 8.94. The summed E-state index contributed by atoms with van der Waals surface area (Å²) >= 11 is 1.07. The molecule has 2 heterocycles. The number of aliphatic hydroxyl groups is 1. The van der Waals surface area contributed by atoms with E-state index in [2.05, 4.69) is 9.71 Å². The zero-order valence-corrected chi connectivity index (χ0v) is 12.2. The zero-order chi connectivity index (χ0) is 14.0. The molecule has 2 aromatic heterocycles. The molecule has 0 bridgehead atoms. The fourth-order valence-electron chi connectivity index (χ4n) is 1.54. The van der Waals surface area contributed by atoms with Gasteiger partial charge < -0.3 is 5.11 Å². The van der Waals surface area contributed by atoms with Gasteiger partial charge in [-0.2, -0.15) is 0 Å². The topological polar surface area (TPSA) is 79.3 Å². The molecule has 0 radical (unpaired) electrons. The van der Waals surface area contributed by atoms with Crippen LogP contribution < -0.4 is 4.72 Å². The average molecular weight is 298 g/mol. The fourth-order valence-corrected chi connectivity index (χ4v) is 4.11. The van der Waals surface area contributed by atoms with Gasteiger partial charge in [0.1, 0.15) is 4.21 Å². The molecule has 0 aliphatic rings. The molecule has 2 N–H and O–H groups in total. The van der Waals surface area contributed by atoms with Crippen LogP contribution in [0.15, 0.2) is 28.7 Å². The number of hydrogen-bond acceptors (Lipinski definition) is 5. The molecule has 0 unspecified atom stereocenters. The molecule has 7 heteroatoms. The maximum Gasteiger partial charge on any atom is 0.271 e. The summed E-state index contributed by atoms with van der Waals surface area (Å²) in [5.41, 5.74) is 2.03. The average Bonchev–Trinajstić information content (AvgIpc) is 2.74. The van der Waals surface area contributed by atoms with E-state index in [1.807, 2.05) is 0 Å². The second-order valence-electron chi connectivity index (χ2n) is 4.13. The standard InChI is InChI=1S/C12H14N2O3S2/c1-8-3-4-13-6-10(8)14-19(16,17)12-5-9(2)11(7-15)18-12/h3-6,14-15H,7H2,1-2H3. The zero-order valence-electron chi connectivity index (χ0n) is 10.5. The van der Waals surface area contributed by atoms with Crippen LogP contribution in [0.1, 0.15) is 16.0 Å². The van der Waals surface area contributed by atoms with Crippen LogP contribution in [0.3, 0.4) is 0 Å². The quantitative estimate of drug-likeness (QED) is 0.905. The van der Waals surface area contributed by atoms with Crippen LogP contribution in [0, 0.1) is 13.8 Å². The normalized spacial score (nSPS) is 11.5. The Labute approximate surface area is 116 Å². The SMILES string of the molecule is Cc1ccncc1NS(=O)(=O)c1cc(C)c(CO)s1. The largest absolute Gasteiger partial charge is 0.391 e. The molecule has 102 valence electrons. The van der Waals surface area contributed by atoms with Gasteiger partial charge in [0, 0.05) is 11.1 Å². The Morgan fingerprint density at radius 3 is 2.68 bits per heavy atom. The molecule has 0 saturated heterocycles. The van der Waals surface area contributed by atoms with Crippen molar-refractivity contribution < 1.29 is 13.5 Å². The summed E-state index contributed by atoms with van der Waals surface area (Å²) < 4.78 is 27.1. The van der Waals surface area contributed by atoms with E-state index in [-0.39, 0.29) is 10.8 Å². The number of aromatic nitrogens is 1. The molecular weight excluding hydrogens is 284 g/mol. The van der Waals surface area contributed by atoms with Crippen molar-refractivity contribution >= 4 is 27.0 Å². The molecule has 2 rings (SSSR count). The maximum absolute atomic E-state index is 12.2. The van der Waals surface area contributed by atoms with Crippen LogP contribution >= 0.6 is 11.3 Å². The third kappa shape index (κ3) is 2.94. The summed E-state index contributed by atoms with van der Waals surface area (Å²) in [6.45, 7) is 3.42. The molecule has 0 aromatic carbocycles. The van der Waals surface area contributed by atoms with E-state index in [0.717, 1.165) is 22.5 Å². The predicted octanol–water partition coefficient (Wildman–Crippen LogP) is 2.05. The van der Waals surface area contributed by atoms with E-state index < -0.39 is 10.0 Å². The number of sulfonamides is 1. The highest BCUT2D eigenvalue weighted by atomic mass is 32.2. The van der Waals surface area contributed by atoms with Gasteiger partial charge in [0.05, 0.1) is 18.5 Å². The molecule has 0 aliphatic heterocycles. The Morgan fingerprint density at radius 2 is 2.11 bits per heavy atom. The van der Waals surface area contributed by atoms with Crippen molar-refractivity contribution in [1.82, 2.24) is 4.98 Å². The molecular formula is C12H14N2O3S2. The minimum absolute atomic E-state index is 0.155. The summed E-state index contributed by atoms with van der Waals surface area (Å²) in [4.78, 5) is 4.55. The molecule has 0 fully saturated rings. The van der Waals surface area contributed by atoms with Crippen LogP contribution in [-0.4, -0.2) is 18.5 Å². The van der Waals surface area contributed by atoms with Crippen molar-refractivity contribution in [1.29, 1.82) is 0 Å². The third-order valence-corrected chi connectivity index (χ3v) is 5.75. The summed E-state index contributed by atoms with van der Waals surface area (Å²) in [5, 5.41) is 9.12. The molecule has 0 saturated carbocycles. The summed E-state index contributed by atoms with van der Waals surface area (Å²) in [6.07, 6.45) is 3.08. The van der Waals surface area contributed by atoms with Gasteiger partial charge in [-0.15, -0.1) is 11.3 Å². The second-order valence-corrected chi connectivity index (χ2v) is 7.17. The van der Waals surface area contributed by atoms with E-state index in [4.69, 9.17) is 5.11 Å². The minimum atomic E-state index is -3.63. The number of pyridine rings is 1.